The number of piperazine rings is 1. The lowest BCUT2D eigenvalue weighted by atomic mass is 9.81. The van der Waals surface area contributed by atoms with Crippen LogP contribution in [0.2, 0.25) is 0 Å². The van der Waals surface area contributed by atoms with Gasteiger partial charge in [-0.15, -0.1) is 0 Å². The molecule has 2 heterocycles. The lowest BCUT2D eigenvalue weighted by Crippen LogP contribution is -2.51. The number of phosphoric ester groups is 1. The second-order valence-electron chi connectivity index (χ2n) is 10.8. The Labute approximate surface area is 218 Å². The normalized spacial score (nSPS) is 26.5. The molecule has 4 aliphatic rings. The third-order valence-corrected chi connectivity index (χ3v) is 8.81. The first-order valence-electron chi connectivity index (χ1n) is 13.6. The molecule has 2 saturated carbocycles. The SMILES string of the molecule is O=C1C2CCCCC2C(=O)N1CC(CN1CCN(c2ccccc2OC2CCCC2)CC1)OP(=O)(O)O. The summed E-state index contributed by atoms with van der Waals surface area (Å²) >= 11 is 0. The smallest absolute Gasteiger partial charge is 0.469 e. The monoisotopic (exact) mass is 535 g/mol. The molecule has 1 aromatic rings. The van der Waals surface area contributed by atoms with E-state index >= 15 is 0 Å². The van der Waals surface area contributed by atoms with Crippen LogP contribution < -0.4 is 9.64 Å². The van der Waals surface area contributed by atoms with Crippen LogP contribution >= 0.6 is 7.82 Å². The van der Waals surface area contributed by atoms with Crippen molar-refractivity contribution < 1.29 is 33.2 Å². The number of rotatable bonds is 9. The van der Waals surface area contributed by atoms with Crippen LogP contribution in [-0.2, 0) is 18.7 Å². The fourth-order valence-electron chi connectivity index (χ4n) is 6.40. The Kier molecular flexibility index (Phi) is 8.22. The van der Waals surface area contributed by atoms with Gasteiger partial charge in [0.2, 0.25) is 11.8 Å². The number of ether oxygens (including phenoxy) is 1. The molecule has 1 aromatic carbocycles. The summed E-state index contributed by atoms with van der Waals surface area (Å²) in [6.45, 7) is 2.86. The van der Waals surface area contributed by atoms with Gasteiger partial charge in [0, 0.05) is 32.7 Å². The summed E-state index contributed by atoms with van der Waals surface area (Å²) in [7, 11) is -4.80. The Bertz CT molecular complexity index is 995. The number of nitrogens with zero attached hydrogens (tertiary/aromatic N) is 3. The van der Waals surface area contributed by atoms with Gasteiger partial charge in [-0.1, -0.05) is 25.0 Å². The number of likely N-dealkylation sites (tertiary alicyclic amines) is 1. The maximum Gasteiger partial charge on any atom is 0.469 e. The summed E-state index contributed by atoms with van der Waals surface area (Å²) in [6, 6.07) is 8.09. The Morgan fingerprint density at radius 3 is 2.08 bits per heavy atom. The van der Waals surface area contributed by atoms with Gasteiger partial charge in [0.15, 0.2) is 0 Å². The number of fused-ring (bicyclic) bond motifs is 1. The van der Waals surface area contributed by atoms with Gasteiger partial charge in [-0.05, 0) is 50.7 Å². The van der Waals surface area contributed by atoms with Crippen LogP contribution in [-0.4, -0.2) is 82.9 Å². The number of carbonyl (C=O) groups excluding carboxylic acids is 2. The highest BCUT2D eigenvalue weighted by Gasteiger charge is 2.49. The first-order chi connectivity index (χ1) is 17.8. The molecule has 4 fully saturated rings. The number of anilines is 1. The minimum atomic E-state index is -4.80. The molecule has 0 spiro atoms. The second kappa shape index (κ2) is 11.4. The van der Waals surface area contributed by atoms with E-state index in [1.807, 2.05) is 18.2 Å². The van der Waals surface area contributed by atoms with Crippen LogP contribution in [0.1, 0.15) is 51.4 Å². The summed E-state index contributed by atoms with van der Waals surface area (Å²) in [5, 5.41) is 0. The zero-order chi connectivity index (χ0) is 26.0. The molecule has 11 heteroatoms. The summed E-state index contributed by atoms with van der Waals surface area (Å²) < 4.78 is 23.1. The zero-order valence-electron chi connectivity index (χ0n) is 21.2. The molecule has 37 heavy (non-hydrogen) atoms. The van der Waals surface area contributed by atoms with Crippen molar-refractivity contribution in [3.63, 3.8) is 0 Å². The molecular formula is C26H38N3O7P. The molecule has 0 aromatic heterocycles. The Morgan fingerprint density at radius 2 is 1.46 bits per heavy atom. The zero-order valence-corrected chi connectivity index (χ0v) is 22.1. The number of imide groups is 1. The number of amides is 2. The number of benzene rings is 1. The van der Waals surface area contributed by atoms with Crippen molar-refractivity contribution in [3.8, 4) is 5.75 Å². The van der Waals surface area contributed by atoms with Crippen LogP contribution in [0.5, 0.6) is 5.75 Å². The summed E-state index contributed by atoms with van der Waals surface area (Å²) in [6.07, 6.45) is 7.15. The molecule has 2 N–H and O–H groups in total. The minimum absolute atomic E-state index is 0.131. The molecule has 3 atom stereocenters. The predicted molar refractivity (Wildman–Crippen MR) is 137 cm³/mol. The van der Waals surface area contributed by atoms with Gasteiger partial charge in [0.05, 0.1) is 30.2 Å². The Morgan fingerprint density at radius 1 is 0.865 bits per heavy atom. The summed E-state index contributed by atoms with van der Waals surface area (Å²) in [5.41, 5.74) is 1.06. The van der Waals surface area contributed by atoms with Crippen molar-refractivity contribution in [3.05, 3.63) is 24.3 Å². The number of para-hydroxylation sites is 2. The van der Waals surface area contributed by atoms with E-state index in [1.165, 1.54) is 17.7 Å². The third kappa shape index (κ3) is 6.37. The van der Waals surface area contributed by atoms with Gasteiger partial charge in [0.1, 0.15) is 11.9 Å². The quantitative estimate of drug-likeness (QED) is 0.363. The van der Waals surface area contributed by atoms with Gasteiger partial charge in [-0.2, -0.15) is 0 Å². The van der Waals surface area contributed by atoms with Crippen LogP contribution in [0.25, 0.3) is 0 Å². The van der Waals surface area contributed by atoms with Crippen LogP contribution in [0.3, 0.4) is 0 Å². The first kappa shape index (κ1) is 26.6. The van der Waals surface area contributed by atoms with Crippen molar-refractivity contribution in [2.24, 2.45) is 11.8 Å². The number of hydrogen-bond donors (Lipinski definition) is 2. The van der Waals surface area contributed by atoms with E-state index < -0.39 is 13.9 Å². The average Bonchev–Trinajstić information content (AvgIpc) is 3.47. The molecule has 3 unspecified atom stereocenters. The molecule has 0 bridgehead atoms. The van der Waals surface area contributed by atoms with Crippen molar-refractivity contribution >= 4 is 25.3 Å². The fraction of sp³-hybridized carbons (Fsp3) is 0.692. The number of carbonyl (C=O) groups is 2. The van der Waals surface area contributed by atoms with E-state index in [0.717, 1.165) is 50.2 Å². The largest absolute Gasteiger partial charge is 0.488 e. The molecule has 2 amide bonds. The Hall–Kier alpha value is -1.97. The lowest BCUT2D eigenvalue weighted by Gasteiger charge is -2.38. The van der Waals surface area contributed by atoms with E-state index in [2.05, 4.69) is 15.9 Å². The number of hydrogen-bond acceptors (Lipinski definition) is 7. The molecule has 10 nitrogen and oxygen atoms in total. The molecule has 5 rings (SSSR count). The highest BCUT2D eigenvalue weighted by molar-refractivity contribution is 7.46. The Balaban J connectivity index is 1.20. The van der Waals surface area contributed by atoms with Gasteiger partial charge < -0.3 is 19.4 Å². The van der Waals surface area contributed by atoms with Crippen molar-refractivity contribution in [2.75, 3.05) is 44.2 Å². The van der Waals surface area contributed by atoms with E-state index in [4.69, 9.17) is 9.26 Å². The highest BCUT2D eigenvalue weighted by Crippen LogP contribution is 2.41. The predicted octanol–water partition coefficient (Wildman–Crippen LogP) is 2.78. The first-order valence-corrected chi connectivity index (χ1v) is 15.1. The van der Waals surface area contributed by atoms with Gasteiger partial charge >= 0.3 is 7.82 Å². The molecule has 2 aliphatic heterocycles. The maximum absolute atomic E-state index is 12.9. The van der Waals surface area contributed by atoms with Crippen LogP contribution in [0.15, 0.2) is 24.3 Å². The van der Waals surface area contributed by atoms with Crippen molar-refractivity contribution in [1.29, 1.82) is 0 Å². The van der Waals surface area contributed by atoms with Gasteiger partial charge in [-0.25, -0.2) is 4.57 Å². The van der Waals surface area contributed by atoms with E-state index in [0.29, 0.717) is 25.9 Å². The standard InChI is InChI=1S/C26H38N3O7P/c30-25-21-9-3-4-10-22(21)26(31)29(25)18-20(36-37(32,33)34)17-27-13-15-28(16-14-27)23-11-5-6-12-24(23)35-19-7-1-2-8-19/h5-6,11-12,19-22H,1-4,7-10,13-18H2,(H2,32,33,34). The fourth-order valence-corrected chi connectivity index (χ4v) is 6.92. The lowest BCUT2D eigenvalue weighted by molar-refractivity contribution is -0.141. The molecule has 2 saturated heterocycles. The van der Waals surface area contributed by atoms with Gasteiger partial charge in [0.25, 0.3) is 0 Å². The minimum Gasteiger partial charge on any atom is -0.488 e. The van der Waals surface area contributed by atoms with Gasteiger partial charge in [-0.3, -0.25) is 23.9 Å². The number of phosphoric acid groups is 1. The van der Waals surface area contributed by atoms with Crippen LogP contribution in [0.4, 0.5) is 5.69 Å². The highest BCUT2D eigenvalue weighted by atomic mass is 31.2. The topological polar surface area (TPSA) is 120 Å². The molecular weight excluding hydrogens is 497 g/mol. The van der Waals surface area contributed by atoms with Crippen LogP contribution in [0, 0.1) is 11.8 Å². The van der Waals surface area contributed by atoms with Crippen molar-refractivity contribution in [1.82, 2.24) is 9.80 Å². The second-order valence-corrected chi connectivity index (χ2v) is 12.0. The van der Waals surface area contributed by atoms with E-state index in [1.54, 1.807) is 0 Å². The van der Waals surface area contributed by atoms with E-state index in [9.17, 15) is 23.9 Å². The summed E-state index contributed by atoms with van der Waals surface area (Å²) in [5.74, 6) is -0.146. The van der Waals surface area contributed by atoms with E-state index in [-0.39, 0.29) is 42.8 Å². The maximum atomic E-state index is 12.9. The molecule has 0 radical (unpaired) electrons. The van der Waals surface area contributed by atoms with Crippen molar-refractivity contribution in [2.45, 2.75) is 63.6 Å². The summed E-state index contributed by atoms with van der Waals surface area (Å²) in [4.78, 5) is 50.4. The third-order valence-electron chi connectivity index (χ3n) is 8.24. The molecule has 2 aliphatic carbocycles. The average molecular weight is 536 g/mol. The molecule has 204 valence electrons.